The molecule has 1 aromatic rings. The molecule has 162 valence electrons. The number of piperidine rings is 1. The molecule has 2 saturated carbocycles. The molecule has 0 aromatic carbocycles. The largest absolute Gasteiger partial charge is 0.369 e. The van der Waals surface area contributed by atoms with Crippen molar-refractivity contribution in [3.8, 4) is 0 Å². The van der Waals surface area contributed by atoms with Crippen molar-refractivity contribution in [2.75, 3.05) is 18.8 Å². The zero-order valence-corrected chi connectivity index (χ0v) is 18.1. The molecule has 2 N–H and O–H groups in total. The van der Waals surface area contributed by atoms with Gasteiger partial charge < -0.3 is 10.3 Å². The lowest BCUT2D eigenvalue weighted by Gasteiger charge is -2.31. The average Bonchev–Trinajstić information content (AvgIpc) is 3.41. The highest BCUT2D eigenvalue weighted by atomic mass is 32.2. The number of primary amides is 1. The van der Waals surface area contributed by atoms with Crippen LogP contribution in [-0.4, -0.2) is 47.6 Å². The van der Waals surface area contributed by atoms with E-state index in [4.69, 9.17) is 5.73 Å². The summed E-state index contributed by atoms with van der Waals surface area (Å²) in [6.45, 7) is 2.92. The van der Waals surface area contributed by atoms with Gasteiger partial charge in [0.25, 0.3) is 0 Å². The third-order valence-corrected chi connectivity index (χ3v) is 8.58. The fourth-order valence-corrected chi connectivity index (χ4v) is 6.76. The minimum absolute atomic E-state index is 0.114. The van der Waals surface area contributed by atoms with E-state index in [0.717, 1.165) is 57.3 Å². The molecule has 4 rings (SSSR count). The van der Waals surface area contributed by atoms with Crippen molar-refractivity contribution >= 4 is 15.7 Å². The molecule has 3 aliphatic rings. The summed E-state index contributed by atoms with van der Waals surface area (Å²) in [5.41, 5.74) is 6.48. The monoisotopic (exact) mass is 422 g/mol. The van der Waals surface area contributed by atoms with E-state index in [2.05, 4.69) is 9.88 Å². The van der Waals surface area contributed by atoms with Crippen LogP contribution in [0.5, 0.6) is 0 Å². The first-order valence-corrected chi connectivity index (χ1v) is 12.9. The Bertz CT molecular complexity index is 825. The molecule has 0 bridgehead atoms. The standard InChI is InChI=1S/C21H34N4O3S/c22-20(26)18-7-4-10-24(13-18)14-19-11-23-21(29(27,28)15-17-8-9-17)25(19)12-16-5-2-1-3-6-16/h11,16-18H,1-10,12-15H2,(H2,22,26)/t18-/m0/s1. The van der Waals surface area contributed by atoms with Gasteiger partial charge in [0.05, 0.1) is 23.6 Å². The maximum atomic E-state index is 13.0. The molecule has 1 saturated heterocycles. The van der Waals surface area contributed by atoms with Gasteiger partial charge in [-0.3, -0.25) is 9.69 Å². The van der Waals surface area contributed by atoms with Crippen molar-refractivity contribution in [2.24, 2.45) is 23.5 Å². The second-order valence-electron chi connectivity index (χ2n) is 9.35. The lowest BCUT2D eigenvalue weighted by atomic mass is 9.89. The van der Waals surface area contributed by atoms with Gasteiger partial charge in [0.2, 0.25) is 20.9 Å². The lowest BCUT2D eigenvalue weighted by Crippen LogP contribution is -2.41. The number of carbonyl (C=O) groups is 1. The first-order chi connectivity index (χ1) is 13.9. The van der Waals surface area contributed by atoms with E-state index in [-0.39, 0.29) is 22.7 Å². The minimum atomic E-state index is -3.36. The SMILES string of the molecule is NC(=O)[C@H]1CCCN(Cc2cnc(S(=O)(=O)CC3CC3)n2CC2CCCCC2)C1. The number of hydrogen-bond donors (Lipinski definition) is 1. The number of nitrogens with zero attached hydrogens (tertiary/aromatic N) is 3. The molecule has 1 atom stereocenters. The molecule has 0 spiro atoms. The summed E-state index contributed by atoms with van der Waals surface area (Å²) in [5, 5.41) is 0.258. The molecule has 29 heavy (non-hydrogen) atoms. The summed E-state index contributed by atoms with van der Waals surface area (Å²) in [6.07, 6.45) is 11.6. The van der Waals surface area contributed by atoms with Crippen molar-refractivity contribution < 1.29 is 13.2 Å². The quantitative estimate of drug-likeness (QED) is 0.693. The van der Waals surface area contributed by atoms with Crippen molar-refractivity contribution in [2.45, 2.75) is 76.0 Å². The Labute approximate surface area is 174 Å². The molecule has 0 radical (unpaired) electrons. The van der Waals surface area contributed by atoms with Crippen LogP contribution < -0.4 is 5.73 Å². The van der Waals surface area contributed by atoms with Crippen molar-refractivity contribution in [1.29, 1.82) is 0 Å². The number of likely N-dealkylation sites (tertiary alicyclic amines) is 1. The van der Waals surface area contributed by atoms with Crippen LogP contribution >= 0.6 is 0 Å². The van der Waals surface area contributed by atoms with E-state index in [9.17, 15) is 13.2 Å². The predicted molar refractivity (Wildman–Crippen MR) is 111 cm³/mol. The molecule has 1 aromatic heterocycles. The predicted octanol–water partition coefficient (Wildman–Crippen LogP) is 2.34. The van der Waals surface area contributed by atoms with Gasteiger partial charge in [0, 0.05) is 19.6 Å². The summed E-state index contributed by atoms with van der Waals surface area (Å²) in [7, 11) is -3.36. The summed E-state index contributed by atoms with van der Waals surface area (Å²) in [4.78, 5) is 18.3. The van der Waals surface area contributed by atoms with Gasteiger partial charge in [-0.15, -0.1) is 0 Å². The summed E-state index contributed by atoms with van der Waals surface area (Å²) < 4.78 is 28.1. The minimum Gasteiger partial charge on any atom is -0.369 e. The van der Waals surface area contributed by atoms with Gasteiger partial charge in [-0.2, -0.15) is 0 Å². The zero-order chi connectivity index (χ0) is 20.4. The number of rotatable bonds is 8. The highest BCUT2D eigenvalue weighted by molar-refractivity contribution is 7.91. The average molecular weight is 423 g/mol. The summed E-state index contributed by atoms with van der Waals surface area (Å²) in [5.74, 6) is 0.698. The maximum Gasteiger partial charge on any atom is 0.227 e. The topological polar surface area (TPSA) is 98.3 Å². The van der Waals surface area contributed by atoms with Gasteiger partial charge in [-0.05, 0) is 56.9 Å². The van der Waals surface area contributed by atoms with E-state index < -0.39 is 9.84 Å². The van der Waals surface area contributed by atoms with E-state index in [0.29, 0.717) is 24.9 Å². The Morgan fingerprint density at radius 2 is 1.83 bits per heavy atom. The lowest BCUT2D eigenvalue weighted by molar-refractivity contribution is -0.123. The first kappa shape index (κ1) is 20.8. The number of imidazole rings is 1. The number of carbonyl (C=O) groups excluding carboxylic acids is 1. The van der Waals surface area contributed by atoms with Crippen LogP contribution in [0.4, 0.5) is 0 Å². The highest BCUT2D eigenvalue weighted by Gasteiger charge is 2.33. The van der Waals surface area contributed by atoms with Crippen molar-refractivity contribution in [3.63, 3.8) is 0 Å². The van der Waals surface area contributed by atoms with Crippen LogP contribution in [0, 0.1) is 17.8 Å². The fraction of sp³-hybridized carbons (Fsp3) is 0.810. The summed E-state index contributed by atoms with van der Waals surface area (Å²) in [6, 6.07) is 0. The number of amides is 1. The molecule has 2 heterocycles. The fourth-order valence-electron chi connectivity index (χ4n) is 4.92. The second-order valence-corrected chi connectivity index (χ2v) is 11.3. The third kappa shape index (κ3) is 5.20. The Morgan fingerprint density at radius 1 is 1.07 bits per heavy atom. The number of nitrogens with two attached hydrogens (primary N) is 1. The van der Waals surface area contributed by atoms with Gasteiger partial charge in [-0.1, -0.05) is 19.3 Å². The highest BCUT2D eigenvalue weighted by Crippen LogP contribution is 2.33. The molecular weight excluding hydrogens is 388 g/mol. The van der Waals surface area contributed by atoms with Gasteiger partial charge in [-0.25, -0.2) is 13.4 Å². The maximum absolute atomic E-state index is 13.0. The number of aromatic nitrogens is 2. The summed E-state index contributed by atoms with van der Waals surface area (Å²) >= 11 is 0. The number of hydrogen-bond acceptors (Lipinski definition) is 5. The molecule has 3 fully saturated rings. The molecule has 2 aliphatic carbocycles. The van der Waals surface area contributed by atoms with Crippen molar-refractivity contribution in [3.05, 3.63) is 11.9 Å². The van der Waals surface area contributed by atoms with Gasteiger partial charge in [0.15, 0.2) is 0 Å². The smallest absolute Gasteiger partial charge is 0.227 e. The van der Waals surface area contributed by atoms with Crippen LogP contribution in [0.25, 0.3) is 0 Å². The zero-order valence-electron chi connectivity index (χ0n) is 17.3. The van der Waals surface area contributed by atoms with Crippen molar-refractivity contribution in [1.82, 2.24) is 14.5 Å². The molecule has 1 amide bonds. The molecule has 0 unspecified atom stereocenters. The second kappa shape index (κ2) is 8.76. The Balaban J connectivity index is 1.56. The van der Waals surface area contributed by atoms with E-state index in [1.807, 2.05) is 4.57 Å². The van der Waals surface area contributed by atoms with Crippen LogP contribution in [-0.2, 0) is 27.7 Å². The van der Waals surface area contributed by atoms with Gasteiger partial charge in [0.1, 0.15) is 0 Å². The van der Waals surface area contributed by atoms with E-state index in [1.165, 1.54) is 19.3 Å². The molecule has 1 aliphatic heterocycles. The van der Waals surface area contributed by atoms with Crippen LogP contribution in [0.15, 0.2) is 11.4 Å². The molecular formula is C21H34N4O3S. The Kier molecular flexibility index (Phi) is 6.30. The van der Waals surface area contributed by atoms with E-state index in [1.54, 1.807) is 6.20 Å². The van der Waals surface area contributed by atoms with Crippen LogP contribution in [0.3, 0.4) is 0 Å². The molecule has 7 nitrogen and oxygen atoms in total. The van der Waals surface area contributed by atoms with Gasteiger partial charge >= 0.3 is 0 Å². The third-order valence-electron chi connectivity index (χ3n) is 6.79. The molecule has 8 heteroatoms. The Morgan fingerprint density at radius 3 is 2.52 bits per heavy atom. The first-order valence-electron chi connectivity index (χ1n) is 11.2. The van der Waals surface area contributed by atoms with Crippen LogP contribution in [0.1, 0.15) is 63.5 Å². The normalized spacial score (nSPS) is 24.6. The van der Waals surface area contributed by atoms with Crippen LogP contribution in [0.2, 0.25) is 0 Å². The van der Waals surface area contributed by atoms with E-state index >= 15 is 0 Å². The number of sulfone groups is 1. The Hall–Kier alpha value is -1.41.